The lowest BCUT2D eigenvalue weighted by Gasteiger charge is -2.06. The number of ether oxygens (including phenoxy) is 2. The number of amides is 1. The molecule has 174 valence electrons. The number of hydrogen-bond acceptors (Lipinski definition) is 10. The predicted octanol–water partition coefficient (Wildman–Crippen LogP) is 3.11. The number of methoxy groups -OCH3 is 1. The zero-order valence-electron chi connectivity index (χ0n) is 18.0. The Balaban J connectivity index is 1.67. The first-order valence-electron chi connectivity index (χ1n) is 9.71. The predicted molar refractivity (Wildman–Crippen MR) is 124 cm³/mol. The number of aromatic nitrogens is 2. The molecule has 0 bridgehead atoms. The molecule has 12 heteroatoms. The summed E-state index contributed by atoms with van der Waals surface area (Å²) < 4.78 is 33.8. The van der Waals surface area contributed by atoms with Gasteiger partial charge in [-0.3, -0.25) is 10.1 Å². The number of rotatable bonds is 8. The van der Waals surface area contributed by atoms with Gasteiger partial charge in [-0.1, -0.05) is 30.4 Å². The fourth-order valence-corrected chi connectivity index (χ4v) is 4.50. The van der Waals surface area contributed by atoms with E-state index in [1.54, 1.807) is 42.5 Å². The van der Waals surface area contributed by atoms with Crippen LogP contribution in [0.25, 0.3) is 6.08 Å². The van der Waals surface area contributed by atoms with Crippen molar-refractivity contribution in [3.63, 3.8) is 0 Å². The second-order valence-electron chi connectivity index (χ2n) is 6.59. The molecule has 0 aliphatic rings. The molecular weight excluding hydrogens is 480 g/mol. The second kappa shape index (κ2) is 10.7. The Kier molecular flexibility index (Phi) is 7.72. The van der Waals surface area contributed by atoms with Crippen LogP contribution in [-0.4, -0.2) is 43.4 Å². The molecule has 3 aromatic rings. The van der Waals surface area contributed by atoms with E-state index in [1.165, 1.54) is 32.2 Å². The van der Waals surface area contributed by atoms with Crippen LogP contribution in [-0.2, 0) is 14.6 Å². The smallest absolute Gasteiger partial charge is 0.343 e. The van der Waals surface area contributed by atoms with E-state index in [9.17, 15) is 23.3 Å². The first-order chi connectivity index (χ1) is 16.2. The van der Waals surface area contributed by atoms with Crippen molar-refractivity contribution in [1.82, 2.24) is 10.2 Å². The number of carbonyl (C=O) groups is 2. The third-order valence-corrected chi connectivity index (χ3v) is 7.38. The molecule has 1 heterocycles. The van der Waals surface area contributed by atoms with E-state index in [-0.39, 0.29) is 26.5 Å². The zero-order chi connectivity index (χ0) is 24.7. The summed E-state index contributed by atoms with van der Waals surface area (Å²) in [5, 5.41) is 18.9. The maximum Gasteiger partial charge on any atom is 0.343 e. The van der Waals surface area contributed by atoms with Gasteiger partial charge >= 0.3 is 5.97 Å². The number of nitriles is 1. The lowest BCUT2D eigenvalue weighted by Crippen LogP contribution is -2.13. The highest BCUT2D eigenvalue weighted by atomic mass is 32.2. The first kappa shape index (κ1) is 24.6. The quantitative estimate of drug-likeness (QED) is 0.162. The van der Waals surface area contributed by atoms with Gasteiger partial charge in [0.15, 0.2) is 0 Å². The minimum atomic E-state index is -3.55. The van der Waals surface area contributed by atoms with Gasteiger partial charge in [0.05, 0.1) is 18.4 Å². The highest BCUT2D eigenvalue weighted by molar-refractivity contribution is 7.93. The van der Waals surface area contributed by atoms with Crippen LogP contribution in [0.5, 0.6) is 11.5 Å². The number of carbonyl (C=O) groups excluding carboxylic acids is 2. The molecule has 0 atom stereocenters. The van der Waals surface area contributed by atoms with E-state index >= 15 is 0 Å². The van der Waals surface area contributed by atoms with Gasteiger partial charge in [-0.2, -0.15) is 5.26 Å². The number of esters is 1. The van der Waals surface area contributed by atoms with E-state index in [0.29, 0.717) is 28.2 Å². The van der Waals surface area contributed by atoms with Gasteiger partial charge in [-0.05, 0) is 48.0 Å². The van der Waals surface area contributed by atoms with Gasteiger partial charge < -0.3 is 9.47 Å². The molecule has 0 saturated heterocycles. The summed E-state index contributed by atoms with van der Waals surface area (Å²) in [6, 6.07) is 14.4. The van der Waals surface area contributed by atoms with Crippen LogP contribution in [0.15, 0.2) is 58.4 Å². The number of sulfone groups is 1. The van der Waals surface area contributed by atoms with E-state index < -0.39 is 21.7 Å². The maximum absolute atomic E-state index is 12.4. The minimum absolute atomic E-state index is 0.0426. The summed E-state index contributed by atoms with van der Waals surface area (Å²) in [5.41, 5.74) is 0.611. The molecule has 3 rings (SSSR count). The summed E-state index contributed by atoms with van der Waals surface area (Å²) in [4.78, 5) is 24.7. The Morgan fingerprint density at radius 2 is 1.74 bits per heavy atom. The largest absolute Gasteiger partial charge is 0.497 e. The van der Waals surface area contributed by atoms with Crippen molar-refractivity contribution < 1.29 is 27.5 Å². The van der Waals surface area contributed by atoms with Crippen LogP contribution in [0.3, 0.4) is 0 Å². The van der Waals surface area contributed by atoms with Crippen LogP contribution in [0.2, 0.25) is 0 Å². The van der Waals surface area contributed by atoms with Gasteiger partial charge in [0.2, 0.25) is 19.3 Å². The number of benzene rings is 2. The Hall–Kier alpha value is -4.08. The van der Waals surface area contributed by atoms with Gasteiger partial charge in [0, 0.05) is 0 Å². The zero-order valence-corrected chi connectivity index (χ0v) is 19.6. The number of hydrogen-bond donors (Lipinski definition) is 1. The van der Waals surface area contributed by atoms with Crippen molar-refractivity contribution >= 4 is 44.3 Å². The molecular formula is C22H18N4O6S2. The van der Waals surface area contributed by atoms with Crippen LogP contribution in [0, 0.1) is 11.3 Å². The van der Waals surface area contributed by atoms with Gasteiger partial charge in [0.25, 0.3) is 5.91 Å². The van der Waals surface area contributed by atoms with Gasteiger partial charge in [0.1, 0.15) is 23.1 Å². The van der Waals surface area contributed by atoms with Crippen molar-refractivity contribution in [3.8, 4) is 17.6 Å². The molecule has 0 unspecified atom stereocenters. The summed E-state index contributed by atoms with van der Waals surface area (Å²) in [5.74, 6) is -0.578. The van der Waals surface area contributed by atoms with Gasteiger partial charge in [-0.25, -0.2) is 13.2 Å². The summed E-state index contributed by atoms with van der Waals surface area (Å²) in [6.07, 6.45) is 1.33. The Labute approximate surface area is 199 Å². The van der Waals surface area contributed by atoms with Crippen molar-refractivity contribution in [2.45, 2.75) is 11.3 Å². The Bertz CT molecular complexity index is 1370. The van der Waals surface area contributed by atoms with Crippen molar-refractivity contribution in [2.24, 2.45) is 0 Å². The lowest BCUT2D eigenvalue weighted by atomic mass is 10.1. The van der Waals surface area contributed by atoms with Crippen molar-refractivity contribution in [1.29, 1.82) is 5.26 Å². The molecule has 0 fully saturated rings. The molecule has 1 amide bonds. The van der Waals surface area contributed by atoms with Crippen LogP contribution < -0.4 is 14.8 Å². The van der Waals surface area contributed by atoms with Crippen LogP contribution >= 0.6 is 11.3 Å². The fraction of sp³-hybridized carbons (Fsp3) is 0.136. The second-order valence-corrected chi connectivity index (χ2v) is 10.0. The summed E-state index contributed by atoms with van der Waals surface area (Å²) in [6.45, 7) is 1.47. The number of nitrogens with zero attached hydrogens (tertiary/aromatic N) is 3. The molecule has 0 radical (unpaired) electrons. The van der Waals surface area contributed by atoms with Crippen LogP contribution in [0.1, 0.15) is 22.8 Å². The monoisotopic (exact) mass is 498 g/mol. The highest BCUT2D eigenvalue weighted by Gasteiger charge is 2.20. The molecule has 1 aromatic heterocycles. The molecule has 0 aliphatic carbocycles. The Morgan fingerprint density at radius 1 is 1.09 bits per heavy atom. The van der Waals surface area contributed by atoms with Crippen molar-refractivity contribution in [2.75, 3.05) is 18.2 Å². The normalized spacial score (nSPS) is 11.4. The van der Waals surface area contributed by atoms with Crippen molar-refractivity contribution in [3.05, 3.63) is 65.2 Å². The highest BCUT2D eigenvalue weighted by Crippen LogP contribution is 2.22. The average molecular weight is 499 g/mol. The molecule has 1 N–H and O–H groups in total. The third-order valence-electron chi connectivity index (χ3n) is 4.37. The molecule has 0 aliphatic heterocycles. The summed E-state index contributed by atoms with van der Waals surface area (Å²) >= 11 is 0.700. The first-order valence-corrected chi connectivity index (χ1v) is 12.2. The number of nitrogens with one attached hydrogen (secondary N) is 1. The van der Waals surface area contributed by atoms with E-state index in [0.717, 1.165) is 0 Å². The third kappa shape index (κ3) is 6.03. The van der Waals surface area contributed by atoms with E-state index in [2.05, 4.69) is 15.5 Å². The minimum Gasteiger partial charge on any atom is -0.497 e. The van der Waals surface area contributed by atoms with Gasteiger partial charge in [-0.15, -0.1) is 10.2 Å². The molecule has 10 nitrogen and oxygen atoms in total. The molecule has 0 spiro atoms. The standard InChI is InChI=1S/C22H18N4O6S2/c1-3-34(29,30)22-26-25-21(33-22)24-19(27)16(13-23)12-14-4-8-18(9-5-14)32-20(28)15-6-10-17(31-2)11-7-15/h4-12H,3H2,1-2H3,(H,24,25,27)/b16-12-. The van der Waals surface area contributed by atoms with Crippen LogP contribution in [0.4, 0.5) is 5.13 Å². The fourth-order valence-electron chi connectivity index (χ4n) is 2.51. The lowest BCUT2D eigenvalue weighted by molar-refractivity contribution is -0.112. The van der Waals surface area contributed by atoms with E-state index in [4.69, 9.17) is 9.47 Å². The average Bonchev–Trinajstić information content (AvgIpc) is 3.33. The molecule has 2 aromatic carbocycles. The summed E-state index contributed by atoms with van der Waals surface area (Å²) in [7, 11) is -2.02. The number of anilines is 1. The van der Waals surface area contributed by atoms with E-state index in [1.807, 2.05) is 0 Å². The molecule has 34 heavy (non-hydrogen) atoms. The Morgan fingerprint density at radius 3 is 2.32 bits per heavy atom. The topological polar surface area (TPSA) is 148 Å². The molecule has 0 saturated carbocycles. The maximum atomic E-state index is 12.4. The SMILES string of the molecule is CCS(=O)(=O)c1nnc(NC(=O)/C(C#N)=C\c2ccc(OC(=O)c3ccc(OC)cc3)cc2)s1.